The highest BCUT2D eigenvalue weighted by atomic mass is 16.5. The maximum atomic E-state index is 9.73. The van der Waals surface area contributed by atoms with Gasteiger partial charge in [-0.2, -0.15) is 0 Å². The Hall–Kier alpha value is -0.200. The van der Waals surface area contributed by atoms with Crippen LogP contribution in [-0.4, -0.2) is 63.4 Å². The van der Waals surface area contributed by atoms with Crippen LogP contribution in [0, 0.1) is 0 Å². The molecule has 2 N–H and O–H groups in total. The molecule has 1 rings (SSSR count). The molecule has 1 fully saturated rings. The summed E-state index contributed by atoms with van der Waals surface area (Å²) in [4.78, 5) is 0. The summed E-state index contributed by atoms with van der Waals surface area (Å²) in [5.41, 5.74) is 0.0890. The van der Waals surface area contributed by atoms with Crippen LogP contribution in [0.25, 0.3) is 0 Å². The Morgan fingerprint density at radius 2 is 2.06 bits per heavy atom. The molecule has 0 spiro atoms. The summed E-state index contributed by atoms with van der Waals surface area (Å²) in [6, 6.07) is 0. The minimum absolute atomic E-state index is 0.0890. The lowest BCUT2D eigenvalue weighted by Crippen LogP contribution is -2.49. The molecular weight excluding hydrogens is 222 g/mol. The minimum atomic E-state index is -0.466. The van der Waals surface area contributed by atoms with Crippen molar-refractivity contribution >= 4 is 0 Å². The first-order valence-corrected chi connectivity index (χ1v) is 6.24. The number of hydrogen-bond donors (Lipinski definition) is 2. The van der Waals surface area contributed by atoms with Crippen molar-refractivity contribution < 1.29 is 19.3 Å². The van der Waals surface area contributed by atoms with Gasteiger partial charge >= 0.3 is 0 Å². The second kappa shape index (κ2) is 8.00. The minimum Gasteiger partial charge on any atom is -0.389 e. The topological polar surface area (TPSA) is 60.0 Å². The molecule has 0 aliphatic carbocycles. The van der Waals surface area contributed by atoms with Gasteiger partial charge in [-0.25, -0.2) is 0 Å². The van der Waals surface area contributed by atoms with Crippen LogP contribution in [0.4, 0.5) is 0 Å². The zero-order chi connectivity index (χ0) is 12.6. The summed E-state index contributed by atoms with van der Waals surface area (Å²) in [6.07, 6.45) is 1.51. The van der Waals surface area contributed by atoms with Crippen LogP contribution in [0.15, 0.2) is 0 Å². The summed E-state index contributed by atoms with van der Waals surface area (Å²) in [5.74, 6) is 0. The monoisotopic (exact) mass is 247 g/mol. The maximum absolute atomic E-state index is 9.73. The fraction of sp³-hybridized carbons (Fsp3) is 1.00. The first kappa shape index (κ1) is 14.9. The molecule has 1 aliphatic rings. The van der Waals surface area contributed by atoms with Gasteiger partial charge in [-0.3, -0.25) is 0 Å². The molecule has 0 aromatic carbocycles. The van der Waals surface area contributed by atoms with Crippen LogP contribution in [0.2, 0.25) is 0 Å². The molecule has 1 saturated heterocycles. The van der Waals surface area contributed by atoms with Crippen molar-refractivity contribution in [2.45, 2.75) is 31.4 Å². The molecule has 1 heterocycles. The number of methoxy groups -OCH3 is 1. The number of ether oxygens (including phenoxy) is 3. The highest BCUT2D eigenvalue weighted by molar-refractivity contribution is 4.86. The molecule has 0 radical (unpaired) electrons. The SMILES string of the molecule is COCCOCC(O)CNC1(C)CCOCC1. The largest absolute Gasteiger partial charge is 0.389 e. The molecule has 0 bridgehead atoms. The van der Waals surface area contributed by atoms with E-state index in [-0.39, 0.29) is 5.54 Å². The van der Waals surface area contributed by atoms with E-state index in [0.29, 0.717) is 26.4 Å². The quantitative estimate of drug-likeness (QED) is 0.599. The van der Waals surface area contributed by atoms with Crippen molar-refractivity contribution in [2.24, 2.45) is 0 Å². The summed E-state index contributed by atoms with van der Waals surface area (Å²) < 4.78 is 15.5. The van der Waals surface area contributed by atoms with Gasteiger partial charge in [0.1, 0.15) is 0 Å². The van der Waals surface area contributed by atoms with E-state index >= 15 is 0 Å². The summed E-state index contributed by atoms with van der Waals surface area (Å²) in [5, 5.41) is 13.1. The van der Waals surface area contributed by atoms with E-state index in [2.05, 4.69) is 12.2 Å². The van der Waals surface area contributed by atoms with Crippen LogP contribution in [0.1, 0.15) is 19.8 Å². The Kier molecular flexibility index (Phi) is 6.99. The van der Waals surface area contributed by atoms with Gasteiger partial charge in [0, 0.05) is 32.4 Å². The van der Waals surface area contributed by atoms with E-state index in [9.17, 15) is 5.11 Å². The van der Waals surface area contributed by atoms with Gasteiger partial charge in [-0.1, -0.05) is 0 Å². The smallest absolute Gasteiger partial charge is 0.0897 e. The van der Waals surface area contributed by atoms with Crippen molar-refractivity contribution in [1.29, 1.82) is 0 Å². The predicted octanol–water partition coefficient (Wildman–Crippen LogP) is 0.169. The third-order valence-electron chi connectivity index (χ3n) is 3.10. The fourth-order valence-electron chi connectivity index (χ4n) is 1.78. The molecule has 102 valence electrons. The van der Waals surface area contributed by atoms with Crippen LogP contribution in [-0.2, 0) is 14.2 Å². The normalized spacial score (nSPS) is 21.4. The summed E-state index contributed by atoms with van der Waals surface area (Å²) in [7, 11) is 1.63. The van der Waals surface area contributed by atoms with Gasteiger partial charge < -0.3 is 24.6 Å². The Morgan fingerprint density at radius 3 is 2.71 bits per heavy atom. The second-order valence-electron chi connectivity index (χ2n) is 4.78. The lowest BCUT2D eigenvalue weighted by molar-refractivity contribution is 0.00306. The van der Waals surface area contributed by atoms with Gasteiger partial charge in [0.15, 0.2) is 0 Å². The van der Waals surface area contributed by atoms with Gasteiger partial charge in [0.05, 0.1) is 25.9 Å². The Bertz CT molecular complexity index is 195. The number of aliphatic hydroxyl groups is 1. The first-order valence-electron chi connectivity index (χ1n) is 6.24. The van der Waals surface area contributed by atoms with Gasteiger partial charge in [0.2, 0.25) is 0 Å². The molecule has 0 amide bonds. The third-order valence-corrected chi connectivity index (χ3v) is 3.10. The van der Waals surface area contributed by atoms with Gasteiger partial charge in [-0.15, -0.1) is 0 Å². The first-order chi connectivity index (χ1) is 8.16. The molecule has 0 saturated carbocycles. The molecule has 5 heteroatoms. The average Bonchev–Trinajstić information content (AvgIpc) is 2.33. The lowest BCUT2D eigenvalue weighted by Gasteiger charge is -2.35. The van der Waals surface area contributed by atoms with Crippen LogP contribution in [0.3, 0.4) is 0 Å². The van der Waals surface area contributed by atoms with E-state index < -0.39 is 6.10 Å². The molecule has 1 unspecified atom stereocenters. The Morgan fingerprint density at radius 1 is 1.35 bits per heavy atom. The maximum Gasteiger partial charge on any atom is 0.0897 e. The zero-order valence-corrected chi connectivity index (χ0v) is 10.9. The van der Waals surface area contributed by atoms with Crippen molar-refractivity contribution in [2.75, 3.05) is 46.7 Å². The van der Waals surface area contributed by atoms with Gasteiger partial charge in [0.25, 0.3) is 0 Å². The van der Waals surface area contributed by atoms with E-state index in [4.69, 9.17) is 14.2 Å². The molecule has 0 aromatic rings. The summed E-state index contributed by atoms with van der Waals surface area (Å²) >= 11 is 0. The van der Waals surface area contributed by atoms with E-state index in [0.717, 1.165) is 26.1 Å². The van der Waals surface area contributed by atoms with Crippen molar-refractivity contribution in [1.82, 2.24) is 5.32 Å². The van der Waals surface area contributed by atoms with Gasteiger partial charge in [-0.05, 0) is 19.8 Å². The second-order valence-corrected chi connectivity index (χ2v) is 4.78. The lowest BCUT2D eigenvalue weighted by atomic mass is 9.92. The predicted molar refractivity (Wildman–Crippen MR) is 65.2 cm³/mol. The number of aliphatic hydroxyl groups excluding tert-OH is 1. The van der Waals surface area contributed by atoms with Crippen molar-refractivity contribution in [3.05, 3.63) is 0 Å². The highest BCUT2D eigenvalue weighted by Crippen LogP contribution is 2.19. The van der Waals surface area contributed by atoms with Crippen LogP contribution >= 0.6 is 0 Å². The fourth-order valence-corrected chi connectivity index (χ4v) is 1.78. The molecule has 1 atom stereocenters. The van der Waals surface area contributed by atoms with Crippen molar-refractivity contribution in [3.8, 4) is 0 Å². The standard InChI is InChI=1S/C12H25NO4/c1-12(3-5-16-6-4-12)13-9-11(14)10-17-8-7-15-2/h11,13-14H,3-10H2,1-2H3. The molecule has 0 aromatic heterocycles. The zero-order valence-electron chi connectivity index (χ0n) is 10.9. The van der Waals surface area contributed by atoms with Crippen LogP contribution < -0.4 is 5.32 Å². The number of hydrogen-bond acceptors (Lipinski definition) is 5. The summed E-state index contributed by atoms with van der Waals surface area (Å²) in [6.45, 7) is 5.77. The Labute approximate surface area is 103 Å². The van der Waals surface area contributed by atoms with Crippen LogP contribution in [0.5, 0.6) is 0 Å². The number of nitrogens with one attached hydrogen (secondary N) is 1. The average molecular weight is 247 g/mol. The number of β-amino-alcohol motifs (C(OH)–C–C–N with tert-alkyl or cyclic N) is 1. The van der Waals surface area contributed by atoms with E-state index in [1.54, 1.807) is 7.11 Å². The highest BCUT2D eigenvalue weighted by Gasteiger charge is 2.27. The third kappa shape index (κ3) is 6.33. The molecule has 17 heavy (non-hydrogen) atoms. The van der Waals surface area contributed by atoms with E-state index in [1.807, 2.05) is 0 Å². The molecule has 1 aliphatic heterocycles. The van der Waals surface area contributed by atoms with Crippen molar-refractivity contribution in [3.63, 3.8) is 0 Å². The molecular formula is C12H25NO4. The Balaban J connectivity index is 2.07. The van der Waals surface area contributed by atoms with E-state index in [1.165, 1.54) is 0 Å². The molecule has 5 nitrogen and oxygen atoms in total. The number of rotatable bonds is 8.